The summed E-state index contributed by atoms with van der Waals surface area (Å²) in [6, 6.07) is 20.7. The van der Waals surface area contributed by atoms with Crippen molar-refractivity contribution in [3.05, 3.63) is 77.9 Å². The number of ether oxygens (including phenoxy) is 1. The van der Waals surface area contributed by atoms with E-state index in [1.807, 2.05) is 54.6 Å². The van der Waals surface area contributed by atoms with Crippen molar-refractivity contribution in [2.75, 3.05) is 7.05 Å². The second-order valence-corrected chi connectivity index (χ2v) is 7.67. The van der Waals surface area contributed by atoms with Crippen molar-refractivity contribution in [2.45, 2.75) is 37.8 Å². The van der Waals surface area contributed by atoms with Gasteiger partial charge in [0.05, 0.1) is 18.6 Å². The molecule has 1 saturated carbocycles. The third-order valence-electron chi connectivity index (χ3n) is 5.62. The van der Waals surface area contributed by atoms with Crippen LogP contribution in [-0.2, 0) is 4.79 Å². The molecule has 0 saturated heterocycles. The first-order chi connectivity index (χ1) is 14.6. The molecule has 1 aliphatic rings. The molecule has 5 heteroatoms. The summed E-state index contributed by atoms with van der Waals surface area (Å²) in [5.41, 5.74) is 1.45. The molecule has 1 atom stereocenters. The van der Waals surface area contributed by atoms with Crippen LogP contribution in [0, 0.1) is 0 Å². The van der Waals surface area contributed by atoms with E-state index in [0.717, 1.165) is 29.2 Å². The highest BCUT2D eigenvalue weighted by molar-refractivity contribution is 5.96. The molecule has 1 unspecified atom stereocenters. The van der Waals surface area contributed by atoms with Gasteiger partial charge in [0.1, 0.15) is 5.75 Å². The predicted molar refractivity (Wildman–Crippen MR) is 118 cm³/mol. The van der Waals surface area contributed by atoms with E-state index in [-0.39, 0.29) is 24.3 Å². The van der Waals surface area contributed by atoms with E-state index in [0.29, 0.717) is 11.3 Å². The van der Waals surface area contributed by atoms with E-state index in [1.54, 1.807) is 19.2 Å². The normalized spacial score (nSPS) is 14.6. The quantitative estimate of drug-likeness (QED) is 0.616. The smallest absolute Gasteiger partial charge is 0.251 e. The summed E-state index contributed by atoms with van der Waals surface area (Å²) < 4.78 is 5.93. The zero-order valence-corrected chi connectivity index (χ0v) is 17.1. The fourth-order valence-corrected chi connectivity index (χ4v) is 3.71. The van der Waals surface area contributed by atoms with Gasteiger partial charge in [-0.2, -0.15) is 0 Å². The Bertz CT molecular complexity index is 1050. The minimum atomic E-state index is -0.445. The van der Waals surface area contributed by atoms with E-state index in [1.165, 1.54) is 6.42 Å². The van der Waals surface area contributed by atoms with Crippen molar-refractivity contribution in [1.82, 2.24) is 10.6 Å². The summed E-state index contributed by atoms with van der Waals surface area (Å²) in [6.07, 6.45) is 3.73. The standard InChI is InChI=1S/C25H26N2O3/c1-26-24(28)16-23(22-14-5-8-17-7-2-3-13-21(17)22)27-25(29)18-9-4-12-20(15-18)30-19-10-6-11-19/h2-5,7-9,12-15,19,23H,6,10-11,16H2,1H3,(H,26,28)(H,27,29). The van der Waals surface area contributed by atoms with E-state index in [9.17, 15) is 9.59 Å². The van der Waals surface area contributed by atoms with Crippen molar-refractivity contribution in [3.63, 3.8) is 0 Å². The molecule has 154 valence electrons. The molecule has 3 aromatic rings. The maximum Gasteiger partial charge on any atom is 0.251 e. The molecule has 30 heavy (non-hydrogen) atoms. The lowest BCUT2D eigenvalue weighted by Gasteiger charge is -2.26. The Labute approximate surface area is 176 Å². The number of carbonyl (C=O) groups excluding carboxylic acids is 2. The summed E-state index contributed by atoms with van der Waals surface area (Å²) in [4.78, 5) is 25.2. The molecule has 0 aliphatic heterocycles. The van der Waals surface area contributed by atoms with Crippen molar-refractivity contribution in [3.8, 4) is 5.75 Å². The van der Waals surface area contributed by atoms with Gasteiger partial charge in [-0.25, -0.2) is 0 Å². The highest BCUT2D eigenvalue weighted by Crippen LogP contribution is 2.28. The van der Waals surface area contributed by atoms with Crippen LogP contribution in [0.5, 0.6) is 5.75 Å². The van der Waals surface area contributed by atoms with Gasteiger partial charge in [-0.1, -0.05) is 48.5 Å². The second-order valence-electron chi connectivity index (χ2n) is 7.67. The zero-order chi connectivity index (χ0) is 20.9. The van der Waals surface area contributed by atoms with Crippen LogP contribution < -0.4 is 15.4 Å². The monoisotopic (exact) mass is 402 g/mol. The van der Waals surface area contributed by atoms with Crippen molar-refractivity contribution in [1.29, 1.82) is 0 Å². The summed E-state index contributed by atoms with van der Waals surface area (Å²) in [5.74, 6) is 0.353. The zero-order valence-electron chi connectivity index (χ0n) is 17.1. The van der Waals surface area contributed by atoms with Crippen LogP contribution in [0.1, 0.15) is 47.6 Å². The Hall–Kier alpha value is -3.34. The molecule has 0 bridgehead atoms. The molecule has 1 aliphatic carbocycles. The molecule has 5 nitrogen and oxygen atoms in total. The molecule has 4 rings (SSSR count). The third kappa shape index (κ3) is 4.46. The van der Waals surface area contributed by atoms with Crippen LogP contribution >= 0.6 is 0 Å². The van der Waals surface area contributed by atoms with Crippen LogP contribution in [0.4, 0.5) is 0 Å². The number of hydrogen-bond acceptors (Lipinski definition) is 3. The lowest BCUT2D eigenvalue weighted by atomic mass is 9.96. The largest absolute Gasteiger partial charge is 0.490 e. The number of carbonyl (C=O) groups is 2. The molecule has 2 amide bonds. The highest BCUT2D eigenvalue weighted by atomic mass is 16.5. The molecular formula is C25H26N2O3. The van der Waals surface area contributed by atoms with Gasteiger partial charge in [-0.15, -0.1) is 0 Å². The Morgan fingerprint density at radius 2 is 1.80 bits per heavy atom. The second kappa shape index (κ2) is 8.99. The lowest BCUT2D eigenvalue weighted by molar-refractivity contribution is -0.121. The Kier molecular flexibility index (Phi) is 5.98. The molecule has 0 radical (unpaired) electrons. The van der Waals surface area contributed by atoms with E-state index >= 15 is 0 Å². The van der Waals surface area contributed by atoms with Gasteiger partial charge in [0.25, 0.3) is 5.91 Å². The van der Waals surface area contributed by atoms with Crippen LogP contribution in [0.15, 0.2) is 66.7 Å². The first kappa shape index (κ1) is 20.0. The van der Waals surface area contributed by atoms with Gasteiger partial charge in [-0.3, -0.25) is 9.59 Å². The number of hydrogen-bond donors (Lipinski definition) is 2. The lowest BCUT2D eigenvalue weighted by Crippen LogP contribution is -2.33. The van der Waals surface area contributed by atoms with Gasteiger partial charge < -0.3 is 15.4 Å². The first-order valence-electron chi connectivity index (χ1n) is 10.4. The summed E-state index contributed by atoms with van der Waals surface area (Å²) in [5, 5.41) is 7.82. The maximum absolute atomic E-state index is 13.1. The van der Waals surface area contributed by atoms with Crippen molar-refractivity contribution < 1.29 is 14.3 Å². The molecular weight excluding hydrogens is 376 g/mol. The Balaban J connectivity index is 1.59. The van der Waals surface area contributed by atoms with Crippen LogP contribution in [0.3, 0.4) is 0 Å². The van der Waals surface area contributed by atoms with Gasteiger partial charge in [0, 0.05) is 12.6 Å². The topological polar surface area (TPSA) is 67.4 Å². The number of amides is 2. The molecule has 0 aromatic heterocycles. The fraction of sp³-hybridized carbons (Fsp3) is 0.280. The molecule has 3 aromatic carbocycles. The van der Waals surface area contributed by atoms with E-state index in [2.05, 4.69) is 10.6 Å². The number of nitrogens with one attached hydrogen (secondary N) is 2. The van der Waals surface area contributed by atoms with Crippen LogP contribution in [-0.4, -0.2) is 25.0 Å². The number of rotatable bonds is 7. The number of benzene rings is 3. The van der Waals surface area contributed by atoms with Gasteiger partial charge in [0.2, 0.25) is 5.91 Å². The van der Waals surface area contributed by atoms with Crippen molar-refractivity contribution >= 4 is 22.6 Å². The van der Waals surface area contributed by atoms with Crippen LogP contribution in [0.25, 0.3) is 10.8 Å². The first-order valence-corrected chi connectivity index (χ1v) is 10.4. The molecule has 2 N–H and O–H groups in total. The molecule has 0 heterocycles. The minimum absolute atomic E-state index is 0.129. The predicted octanol–water partition coefficient (Wildman–Crippen LogP) is 4.38. The third-order valence-corrected chi connectivity index (χ3v) is 5.62. The van der Waals surface area contributed by atoms with Crippen LogP contribution in [0.2, 0.25) is 0 Å². The average molecular weight is 402 g/mol. The van der Waals surface area contributed by atoms with Crippen molar-refractivity contribution in [2.24, 2.45) is 0 Å². The maximum atomic E-state index is 13.1. The number of fused-ring (bicyclic) bond motifs is 1. The SMILES string of the molecule is CNC(=O)CC(NC(=O)c1cccc(OC2CCC2)c1)c1cccc2ccccc12. The summed E-state index contributed by atoms with van der Waals surface area (Å²) >= 11 is 0. The Morgan fingerprint density at radius 1 is 1.03 bits per heavy atom. The van der Waals surface area contributed by atoms with Gasteiger partial charge in [0.15, 0.2) is 0 Å². The summed E-state index contributed by atoms with van der Waals surface area (Å²) in [6.45, 7) is 0. The van der Waals surface area contributed by atoms with Gasteiger partial charge in [-0.05, 0) is 53.8 Å². The molecule has 0 spiro atoms. The highest BCUT2D eigenvalue weighted by Gasteiger charge is 2.22. The van der Waals surface area contributed by atoms with E-state index < -0.39 is 6.04 Å². The summed E-state index contributed by atoms with van der Waals surface area (Å²) in [7, 11) is 1.60. The van der Waals surface area contributed by atoms with Gasteiger partial charge >= 0.3 is 0 Å². The average Bonchev–Trinajstić information content (AvgIpc) is 2.75. The molecule has 1 fully saturated rings. The van der Waals surface area contributed by atoms with E-state index in [4.69, 9.17) is 4.74 Å². The fourth-order valence-electron chi connectivity index (χ4n) is 3.71. The minimum Gasteiger partial charge on any atom is -0.490 e. The Morgan fingerprint density at radius 3 is 2.57 bits per heavy atom.